The van der Waals surface area contributed by atoms with E-state index in [2.05, 4.69) is 0 Å². The molecule has 2 saturated carbocycles. The molecule has 20 heavy (non-hydrogen) atoms. The van der Waals surface area contributed by atoms with Crippen LogP contribution < -0.4 is 4.74 Å². The van der Waals surface area contributed by atoms with Gasteiger partial charge < -0.3 is 4.74 Å². The van der Waals surface area contributed by atoms with E-state index in [9.17, 15) is 13.6 Å². The third-order valence-electron chi connectivity index (χ3n) is 4.72. The monoisotopic (exact) mass is 280 g/mol. The lowest BCUT2D eigenvalue weighted by Crippen LogP contribution is -2.56. The van der Waals surface area contributed by atoms with E-state index in [1.165, 1.54) is 12.1 Å². The quantitative estimate of drug-likeness (QED) is 0.817. The highest BCUT2D eigenvalue weighted by molar-refractivity contribution is 5.92. The molecule has 0 aromatic heterocycles. The van der Waals surface area contributed by atoms with E-state index >= 15 is 0 Å². The SMILES string of the molecule is O=C1CC(Oc2cccc(F)c2F)C12CCCCCC2. The summed E-state index contributed by atoms with van der Waals surface area (Å²) in [4.78, 5) is 12.1. The maximum atomic E-state index is 13.7. The number of halogens is 2. The Hall–Kier alpha value is -1.45. The molecule has 1 aromatic carbocycles. The number of hydrogen-bond donors (Lipinski definition) is 0. The fourth-order valence-corrected chi connectivity index (χ4v) is 3.46. The number of ether oxygens (including phenoxy) is 1. The van der Waals surface area contributed by atoms with Crippen molar-refractivity contribution in [3.63, 3.8) is 0 Å². The Labute approximate surface area is 117 Å². The van der Waals surface area contributed by atoms with Gasteiger partial charge in [0.15, 0.2) is 11.6 Å². The first-order chi connectivity index (χ1) is 9.63. The van der Waals surface area contributed by atoms with Gasteiger partial charge in [-0.05, 0) is 25.0 Å². The molecule has 1 unspecified atom stereocenters. The number of Topliss-reactive ketones (excluding diaryl/α,β-unsaturated/α-hetero) is 1. The van der Waals surface area contributed by atoms with Gasteiger partial charge in [0.25, 0.3) is 0 Å². The molecule has 0 aliphatic heterocycles. The van der Waals surface area contributed by atoms with E-state index in [0.29, 0.717) is 6.42 Å². The highest BCUT2D eigenvalue weighted by atomic mass is 19.2. The van der Waals surface area contributed by atoms with Crippen LogP contribution in [-0.4, -0.2) is 11.9 Å². The van der Waals surface area contributed by atoms with Crippen molar-refractivity contribution in [1.29, 1.82) is 0 Å². The zero-order valence-electron chi connectivity index (χ0n) is 11.3. The zero-order chi connectivity index (χ0) is 14.2. The number of rotatable bonds is 2. The summed E-state index contributed by atoms with van der Waals surface area (Å²) in [6, 6.07) is 3.91. The second kappa shape index (κ2) is 5.15. The van der Waals surface area contributed by atoms with Crippen molar-refractivity contribution in [2.75, 3.05) is 0 Å². The van der Waals surface area contributed by atoms with E-state index < -0.39 is 17.0 Å². The topological polar surface area (TPSA) is 26.3 Å². The summed E-state index contributed by atoms with van der Waals surface area (Å²) in [5.41, 5.74) is -0.449. The molecule has 1 aromatic rings. The van der Waals surface area contributed by atoms with Crippen LogP contribution in [0.25, 0.3) is 0 Å². The first-order valence-electron chi connectivity index (χ1n) is 7.27. The fourth-order valence-electron chi connectivity index (χ4n) is 3.46. The minimum absolute atomic E-state index is 0.0777. The summed E-state index contributed by atoms with van der Waals surface area (Å²) in [5.74, 6) is -1.73. The Kier molecular flexibility index (Phi) is 3.48. The predicted molar refractivity (Wildman–Crippen MR) is 70.5 cm³/mol. The minimum atomic E-state index is -0.962. The molecule has 0 N–H and O–H groups in total. The van der Waals surface area contributed by atoms with Gasteiger partial charge in [0.1, 0.15) is 11.9 Å². The van der Waals surface area contributed by atoms with E-state index in [-0.39, 0.29) is 17.6 Å². The lowest BCUT2D eigenvalue weighted by molar-refractivity contribution is -0.154. The molecule has 2 aliphatic carbocycles. The molecule has 2 aliphatic rings. The second-order valence-electron chi connectivity index (χ2n) is 5.86. The molecule has 2 nitrogen and oxygen atoms in total. The molecule has 0 radical (unpaired) electrons. The molecular weight excluding hydrogens is 262 g/mol. The molecule has 2 fully saturated rings. The summed E-state index contributed by atoms with van der Waals surface area (Å²) in [7, 11) is 0. The molecule has 3 rings (SSSR count). The van der Waals surface area contributed by atoms with E-state index in [4.69, 9.17) is 4.74 Å². The van der Waals surface area contributed by atoms with Gasteiger partial charge in [-0.3, -0.25) is 4.79 Å². The Morgan fingerprint density at radius 2 is 1.80 bits per heavy atom. The molecule has 0 saturated heterocycles. The summed E-state index contributed by atoms with van der Waals surface area (Å²) in [6.45, 7) is 0. The molecule has 0 bridgehead atoms. The average Bonchev–Trinajstić information content (AvgIpc) is 2.71. The van der Waals surface area contributed by atoms with Crippen molar-refractivity contribution in [2.45, 2.75) is 51.0 Å². The maximum absolute atomic E-state index is 13.7. The van der Waals surface area contributed by atoms with Crippen LogP contribution in [0.3, 0.4) is 0 Å². The Balaban J connectivity index is 1.80. The van der Waals surface area contributed by atoms with Gasteiger partial charge in [0.2, 0.25) is 5.82 Å². The normalized spacial score (nSPS) is 25.1. The maximum Gasteiger partial charge on any atom is 0.200 e. The largest absolute Gasteiger partial charge is 0.486 e. The van der Waals surface area contributed by atoms with Crippen molar-refractivity contribution < 1.29 is 18.3 Å². The average molecular weight is 280 g/mol. The van der Waals surface area contributed by atoms with Crippen LogP contribution in [0.5, 0.6) is 5.75 Å². The van der Waals surface area contributed by atoms with Crippen molar-refractivity contribution in [3.05, 3.63) is 29.8 Å². The van der Waals surface area contributed by atoms with Crippen LogP contribution in [0.4, 0.5) is 8.78 Å². The lowest BCUT2D eigenvalue weighted by Gasteiger charge is -2.47. The number of carbonyl (C=O) groups is 1. The van der Waals surface area contributed by atoms with Crippen molar-refractivity contribution in [2.24, 2.45) is 5.41 Å². The number of benzene rings is 1. The zero-order valence-corrected chi connectivity index (χ0v) is 11.3. The highest BCUT2D eigenvalue weighted by Crippen LogP contribution is 2.49. The fraction of sp³-hybridized carbons (Fsp3) is 0.562. The van der Waals surface area contributed by atoms with Crippen molar-refractivity contribution in [3.8, 4) is 5.75 Å². The van der Waals surface area contributed by atoms with E-state index in [1.807, 2.05) is 0 Å². The van der Waals surface area contributed by atoms with Gasteiger partial charge in [-0.1, -0.05) is 31.7 Å². The smallest absolute Gasteiger partial charge is 0.200 e. The Morgan fingerprint density at radius 1 is 1.10 bits per heavy atom. The van der Waals surface area contributed by atoms with Crippen molar-refractivity contribution in [1.82, 2.24) is 0 Å². The molecule has 108 valence electrons. The minimum Gasteiger partial charge on any atom is -0.486 e. The number of ketones is 1. The van der Waals surface area contributed by atoms with Gasteiger partial charge in [-0.2, -0.15) is 4.39 Å². The van der Waals surface area contributed by atoms with Gasteiger partial charge in [-0.25, -0.2) is 4.39 Å². The third-order valence-corrected chi connectivity index (χ3v) is 4.72. The predicted octanol–water partition coefficient (Wildman–Crippen LogP) is 4.03. The Bertz CT molecular complexity index is 519. The van der Waals surface area contributed by atoms with Crippen LogP contribution >= 0.6 is 0 Å². The van der Waals surface area contributed by atoms with Crippen LogP contribution in [-0.2, 0) is 4.79 Å². The van der Waals surface area contributed by atoms with Crippen LogP contribution in [0.2, 0.25) is 0 Å². The molecule has 1 spiro atoms. The number of carbonyl (C=O) groups excluding carboxylic acids is 1. The highest BCUT2D eigenvalue weighted by Gasteiger charge is 2.55. The summed E-state index contributed by atoms with van der Waals surface area (Å²) in [6.07, 6.45) is 5.93. The molecule has 4 heteroatoms. The third kappa shape index (κ3) is 2.11. The van der Waals surface area contributed by atoms with Crippen LogP contribution in [0.1, 0.15) is 44.9 Å². The van der Waals surface area contributed by atoms with Crippen LogP contribution in [0, 0.1) is 17.0 Å². The lowest BCUT2D eigenvalue weighted by atomic mass is 9.60. The molecular formula is C16H18F2O2. The van der Waals surface area contributed by atoms with Gasteiger partial charge >= 0.3 is 0 Å². The summed E-state index contributed by atoms with van der Waals surface area (Å²) < 4.78 is 32.5. The van der Waals surface area contributed by atoms with Gasteiger partial charge in [0, 0.05) is 6.42 Å². The Morgan fingerprint density at radius 3 is 2.45 bits per heavy atom. The molecule has 0 heterocycles. The second-order valence-corrected chi connectivity index (χ2v) is 5.86. The standard InChI is InChI=1S/C16H18F2O2/c17-11-6-5-7-12(15(11)18)20-14-10-13(19)16(14)8-3-1-2-4-9-16/h5-7,14H,1-4,8-10H2. The van der Waals surface area contributed by atoms with Crippen molar-refractivity contribution >= 4 is 5.78 Å². The first-order valence-corrected chi connectivity index (χ1v) is 7.27. The van der Waals surface area contributed by atoms with E-state index in [0.717, 1.165) is 44.6 Å². The molecule has 1 atom stereocenters. The van der Waals surface area contributed by atoms with Crippen LogP contribution in [0.15, 0.2) is 18.2 Å². The van der Waals surface area contributed by atoms with Gasteiger partial charge in [0.05, 0.1) is 5.41 Å². The number of hydrogen-bond acceptors (Lipinski definition) is 2. The van der Waals surface area contributed by atoms with Gasteiger partial charge in [-0.15, -0.1) is 0 Å². The first kappa shape index (κ1) is 13.5. The summed E-state index contributed by atoms with van der Waals surface area (Å²) >= 11 is 0. The molecule has 0 amide bonds. The summed E-state index contributed by atoms with van der Waals surface area (Å²) in [5, 5.41) is 0. The van der Waals surface area contributed by atoms with E-state index in [1.54, 1.807) is 0 Å².